The van der Waals surface area contributed by atoms with Gasteiger partial charge in [0.1, 0.15) is 0 Å². The lowest BCUT2D eigenvalue weighted by atomic mass is 10.0. The van der Waals surface area contributed by atoms with Gasteiger partial charge in [-0.05, 0) is 32.6 Å². The van der Waals surface area contributed by atoms with Crippen LogP contribution < -0.4 is 5.73 Å². The maximum Gasteiger partial charge on any atom is 0.0688 e. The molecule has 0 aromatic carbocycles. The van der Waals surface area contributed by atoms with Gasteiger partial charge in [-0.1, -0.05) is 70.4 Å². The van der Waals surface area contributed by atoms with Crippen molar-refractivity contribution < 1.29 is 5.11 Å². The Morgan fingerprint density at radius 1 is 0.850 bits per heavy atom. The number of unbranched alkanes of at least 4 members (excludes halogenated alkanes) is 9. The Labute approximate surface area is 126 Å². The summed E-state index contributed by atoms with van der Waals surface area (Å²) in [4.78, 5) is 0. The summed E-state index contributed by atoms with van der Waals surface area (Å²) < 4.78 is 0. The fourth-order valence-corrected chi connectivity index (χ4v) is 2.34. The maximum atomic E-state index is 9.57. The molecule has 0 bridgehead atoms. The first-order valence-electron chi connectivity index (χ1n) is 8.77. The molecule has 0 aliphatic carbocycles. The molecule has 0 aromatic heterocycles. The number of hydrogen-bond donors (Lipinski definition) is 2. The molecule has 0 rings (SSSR count). The van der Waals surface area contributed by atoms with E-state index in [9.17, 15) is 5.11 Å². The predicted molar refractivity (Wildman–Crippen MR) is 89.9 cm³/mol. The van der Waals surface area contributed by atoms with Crippen LogP contribution in [0.25, 0.3) is 0 Å². The van der Waals surface area contributed by atoms with E-state index in [4.69, 9.17) is 5.73 Å². The van der Waals surface area contributed by atoms with Crippen LogP contribution in [0.2, 0.25) is 0 Å². The summed E-state index contributed by atoms with van der Waals surface area (Å²) in [7, 11) is 0. The molecule has 3 N–H and O–H groups in total. The van der Waals surface area contributed by atoms with Crippen LogP contribution in [0, 0.1) is 0 Å². The van der Waals surface area contributed by atoms with Crippen LogP contribution in [0.5, 0.6) is 0 Å². The van der Waals surface area contributed by atoms with Gasteiger partial charge in [0, 0.05) is 6.04 Å². The number of nitrogens with two attached hydrogens (primary N) is 1. The minimum absolute atomic E-state index is 0.0821. The number of aliphatic hydroxyl groups is 1. The molecule has 0 spiro atoms. The van der Waals surface area contributed by atoms with Crippen molar-refractivity contribution in [1.29, 1.82) is 0 Å². The first kappa shape index (κ1) is 19.7. The van der Waals surface area contributed by atoms with Crippen molar-refractivity contribution in [3.63, 3.8) is 0 Å². The van der Waals surface area contributed by atoms with Gasteiger partial charge in [-0.15, -0.1) is 0 Å². The lowest BCUT2D eigenvalue weighted by molar-refractivity contribution is 0.138. The molecule has 2 atom stereocenters. The first-order chi connectivity index (χ1) is 9.68. The van der Waals surface area contributed by atoms with Crippen LogP contribution in [0.1, 0.15) is 90.9 Å². The van der Waals surface area contributed by atoms with Crippen molar-refractivity contribution in [2.75, 3.05) is 0 Å². The summed E-state index contributed by atoms with van der Waals surface area (Å²) >= 11 is 0. The largest absolute Gasteiger partial charge is 0.392 e. The van der Waals surface area contributed by atoms with Crippen LogP contribution in [0.15, 0.2) is 12.2 Å². The highest BCUT2D eigenvalue weighted by Gasteiger charge is 2.07. The van der Waals surface area contributed by atoms with Crippen LogP contribution in [-0.2, 0) is 0 Å². The summed E-state index contributed by atoms with van der Waals surface area (Å²) in [6.45, 7) is 4.10. The van der Waals surface area contributed by atoms with Gasteiger partial charge < -0.3 is 10.8 Å². The Bertz CT molecular complexity index is 213. The summed E-state index contributed by atoms with van der Waals surface area (Å²) in [6.07, 6.45) is 19.4. The van der Waals surface area contributed by atoms with E-state index in [-0.39, 0.29) is 12.1 Å². The molecule has 0 aliphatic rings. The number of aliphatic hydroxyl groups excluding tert-OH is 1. The quantitative estimate of drug-likeness (QED) is 0.350. The molecular formula is C18H37NO. The van der Waals surface area contributed by atoms with Crippen molar-refractivity contribution in [2.24, 2.45) is 5.73 Å². The predicted octanol–water partition coefficient (Wildman–Crippen LogP) is 4.95. The summed E-state index contributed by atoms with van der Waals surface area (Å²) in [5, 5.41) is 9.57. The Hall–Kier alpha value is -0.340. The highest BCUT2D eigenvalue weighted by atomic mass is 16.3. The van der Waals surface area contributed by atoms with Gasteiger partial charge in [0.25, 0.3) is 0 Å². The molecule has 0 radical (unpaired) electrons. The fraction of sp³-hybridized carbons (Fsp3) is 0.889. The first-order valence-corrected chi connectivity index (χ1v) is 8.77. The molecule has 0 aromatic rings. The molecule has 0 fully saturated rings. The van der Waals surface area contributed by atoms with Crippen molar-refractivity contribution in [1.82, 2.24) is 0 Å². The lowest BCUT2D eigenvalue weighted by Gasteiger charge is -2.13. The summed E-state index contributed by atoms with van der Waals surface area (Å²) in [5.41, 5.74) is 5.63. The van der Waals surface area contributed by atoms with Gasteiger partial charge in [0.15, 0.2) is 0 Å². The van der Waals surface area contributed by atoms with Gasteiger partial charge in [-0.2, -0.15) is 0 Å². The van der Waals surface area contributed by atoms with Crippen LogP contribution in [0.3, 0.4) is 0 Å². The fourth-order valence-electron chi connectivity index (χ4n) is 2.34. The zero-order valence-electron chi connectivity index (χ0n) is 13.8. The van der Waals surface area contributed by atoms with Gasteiger partial charge in [-0.3, -0.25) is 0 Å². The number of rotatable bonds is 14. The third-order valence-corrected chi connectivity index (χ3v) is 3.85. The summed E-state index contributed by atoms with van der Waals surface area (Å²) in [5.74, 6) is 0. The van der Waals surface area contributed by atoms with Gasteiger partial charge in [0.05, 0.1) is 6.10 Å². The highest BCUT2D eigenvalue weighted by molar-refractivity contribution is 4.80. The third-order valence-electron chi connectivity index (χ3n) is 3.85. The normalized spacial score (nSPS) is 14.8. The second kappa shape index (κ2) is 15.1. The molecule has 0 saturated carbocycles. The van der Waals surface area contributed by atoms with Crippen molar-refractivity contribution in [3.8, 4) is 0 Å². The SMILES string of the molecule is CCC/C=C/CCCCCCCCCC[C@@H](O)[C@H](C)N. The monoisotopic (exact) mass is 283 g/mol. The topological polar surface area (TPSA) is 46.2 Å². The average molecular weight is 284 g/mol. The smallest absolute Gasteiger partial charge is 0.0688 e. The Balaban J connectivity index is 3.10. The van der Waals surface area contributed by atoms with Crippen LogP contribution >= 0.6 is 0 Å². The van der Waals surface area contributed by atoms with E-state index in [0.717, 1.165) is 12.8 Å². The molecule has 2 heteroatoms. The van der Waals surface area contributed by atoms with E-state index in [2.05, 4.69) is 19.1 Å². The van der Waals surface area contributed by atoms with E-state index < -0.39 is 0 Å². The van der Waals surface area contributed by atoms with E-state index >= 15 is 0 Å². The van der Waals surface area contributed by atoms with E-state index in [0.29, 0.717) is 0 Å². The molecule has 2 nitrogen and oxygen atoms in total. The Morgan fingerprint density at radius 2 is 1.35 bits per heavy atom. The van der Waals surface area contributed by atoms with Gasteiger partial charge >= 0.3 is 0 Å². The second-order valence-corrected chi connectivity index (χ2v) is 6.09. The van der Waals surface area contributed by atoms with E-state index in [1.807, 2.05) is 6.92 Å². The van der Waals surface area contributed by atoms with Gasteiger partial charge in [0.2, 0.25) is 0 Å². The Morgan fingerprint density at radius 3 is 1.90 bits per heavy atom. The highest BCUT2D eigenvalue weighted by Crippen LogP contribution is 2.12. The molecule has 0 aliphatic heterocycles. The lowest BCUT2D eigenvalue weighted by Crippen LogP contribution is -2.31. The van der Waals surface area contributed by atoms with Crippen LogP contribution in [0.4, 0.5) is 0 Å². The third kappa shape index (κ3) is 14.1. The molecule has 0 heterocycles. The van der Waals surface area contributed by atoms with E-state index in [1.54, 1.807) is 0 Å². The standard InChI is InChI=1S/C18H37NO/c1-3-4-5-6-7-8-9-10-11-12-13-14-15-16-18(20)17(2)19/h5-6,17-18,20H,3-4,7-16,19H2,1-2H3/b6-5+/t17-,18+/m0/s1. The Kier molecular flexibility index (Phi) is 14.8. The molecule has 20 heavy (non-hydrogen) atoms. The zero-order valence-corrected chi connectivity index (χ0v) is 13.8. The molecule has 0 unspecified atom stereocenters. The van der Waals surface area contributed by atoms with E-state index in [1.165, 1.54) is 64.2 Å². The number of hydrogen-bond acceptors (Lipinski definition) is 2. The van der Waals surface area contributed by atoms with Crippen molar-refractivity contribution >= 4 is 0 Å². The molecular weight excluding hydrogens is 246 g/mol. The average Bonchev–Trinajstić information content (AvgIpc) is 2.43. The molecule has 0 amide bonds. The minimum atomic E-state index is -0.309. The zero-order chi connectivity index (χ0) is 15.1. The number of allylic oxidation sites excluding steroid dienone is 2. The van der Waals surface area contributed by atoms with Gasteiger partial charge in [-0.25, -0.2) is 0 Å². The maximum absolute atomic E-state index is 9.57. The van der Waals surface area contributed by atoms with Crippen molar-refractivity contribution in [2.45, 2.75) is 103 Å². The summed E-state index contributed by atoms with van der Waals surface area (Å²) in [6, 6.07) is -0.0821. The van der Waals surface area contributed by atoms with Crippen LogP contribution in [-0.4, -0.2) is 17.3 Å². The minimum Gasteiger partial charge on any atom is -0.392 e. The second-order valence-electron chi connectivity index (χ2n) is 6.09. The molecule has 0 saturated heterocycles. The molecule has 120 valence electrons. The van der Waals surface area contributed by atoms with Crippen molar-refractivity contribution in [3.05, 3.63) is 12.2 Å².